The van der Waals surface area contributed by atoms with Crippen LogP contribution in [0, 0.1) is 5.82 Å². The summed E-state index contributed by atoms with van der Waals surface area (Å²) < 4.78 is 13.3. The Hall–Kier alpha value is -0.960. The first-order valence-corrected chi connectivity index (χ1v) is 4.77. The van der Waals surface area contributed by atoms with Gasteiger partial charge in [-0.15, -0.1) is 0 Å². The van der Waals surface area contributed by atoms with Crippen molar-refractivity contribution in [1.82, 2.24) is 4.98 Å². The number of nitrogens with zero attached hydrogens (tertiary/aromatic N) is 1. The third-order valence-corrected chi connectivity index (χ3v) is 2.28. The quantitative estimate of drug-likeness (QED) is 0.776. The zero-order valence-corrected chi connectivity index (χ0v) is 8.81. The van der Waals surface area contributed by atoms with Gasteiger partial charge in [0.25, 0.3) is 0 Å². The van der Waals surface area contributed by atoms with Crippen LogP contribution in [0.4, 0.5) is 4.39 Å². The average Bonchev–Trinajstić information content (AvgIpc) is 2.15. The van der Waals surface area contributed by atoms with Crippen LogP contribution in [0.2, 0.25) is 5.02 Å². The van der Waals surface area contributed by atoms with Crippen molar-refractivity contribution < 1.29 is 9.18 Å². The molecule has 1 heterocycles. The number of carbonyl (C=O) groups excluding carboxylic acids is 1. The van der Waals surface area contributed by atoms with Crippen LogP contribution in [0.25, 0.3) is 0 Å². The van der Waals surface area contributed by atoms with Crippen molar-refractivity contribution in [1.29, 1.82) is 0 Å². The monoisotopic (exact) mass is 215 g/mol. The predicted octanol–water partition coefficient (Wildman–Crippen LogP) is 2.96. The minimum Gasteiger partial charge on any atom is -0.299 e. The maximum Gasteiger partial charge on any atom is 0.146 e. The predicted molar refractivity (Wildman–Crippen MR) is 52.9 cm³/mol. The van der Waals surface area contributed by atoms with Gasteiger partial charge in [0.15, 0.2) is 0 Å². The fourth-order valence-electron chi connectivity index (χ4n) is 1.20. The first kappa shape index (κ1) is 11.1. The van der Waals surface area contributed by atoms with E-state index in [1.165, 1.54) is 12.3 Å². The average molecular weight is 216 g/mol. The number of hydrogen-bond donors (Lipinski definition) is 0. The molecule has 0 N–H and O–H groups in total. The smallest absolute Gasteiger partial charge is 0.146 e. The largest absolute Gasteiger partial charge is 0.299 e. The van der Waals surface area contributed by atoms with E-state index in [1.54, 1.807) is 13.8 Å². The van der Waals surface area contributed by atoms with E-state index in [9.17, 15) is 9.18 Å². The van der Waals surface area contributed by atoms with Crippen LogP contribution in [0.1, 0.15) is 31.9 Å². The molecule has 0 saturated heterocycles. The second-order valence-electron chi connectivity index (χ2n) is 3.06. The van der Waals surface area contributed by atoms with Gasteiger partial charge in [-0.05, 0) is 13.0 Å². The van der Waals surface area contributed by atoms with Crippen molar-refractivity contribution in [2.75, 3.05) is 0 Å². The lowest BCUT2D eigenvalue weighted by Crippen LogP contribution is -2.11. The second-order valence-corrected chi connectivity index (χ2v) is 3.50. The highest BCUT2D eigenvalue weighted by molar-refractivity contribution is 6.30. The molecule has 0 radical (unpaired) electrons. The van der Waals surface area contributed by atoms with Crippen molar-refractivity contribution in [2.24, 2.45) is 0 Å². The highest BCUT2D eigenvalue weighted by Gasteiger charge is 2.18. The van der Waals surface area contributed by atoms with Crippen molar-refractivity contribution in [3.8, 4) is 0 Å². The summed E-state index contributed by atoms with van der Waals surface area (Å²) >= 11 is 5.55. The Kier molecular flexibility index (Phi) is 3.58. The van der Waals surface area contributed by atoms with E-state index in [0.717, 1.165) is 0 Å². The molecule has 1 aromatic heterocycles. The summed E-state index contributed by atoms with van der Waals surface area (Å²) in [5.41, 5.74) is 0.168. The number of halogens is 2. The van der Waals surface area contributed by atoms with Gasteiger partial charge in [-0.1, -0.05) is 18.5 Å². The van der Waals surface area contributed by atoms with Crippen LogP contribution >= 0.6 is 11.6 Å². The maximum atomic E-state index is 13.3. The Labute approximate surface area is 87.1 Å². The molecule has 0 aromatic carbocycles. The fraction of sp³-hybridized carbons (Fsp3) is 0.400. The van der Waals surface area contributed by atoms with E-state index in [-0.39, 0.29) is 16.5 Å². The molecule has 0 fully saturated rings. The lowest BCUT2D eigenvalue weighted by Gasteiger charge is -2.09. The normalized spacial score (nSPS) is 12.6. The topological polar surface area (TPSA) is 30.0 Å². The number of pyridine rings is 1. The molecule has 4 heteroatoms. The van der Waals surface area contributed by atoms with Crippen LogP contribution < -0.4 is 0 Å². The third kappa shape index (κ3) is 2.29. The molecule has 0 spiro atoms. The van der Waals surface area contributed by atoms with E-state index in [1.807, 2.05) is 0 Å². The van der Waals surface area contributed by atoms with Crippen LogP contribution in [-0.4, -0.2) is 10.8 Å². The Morgan fingerprint density at radius 1 is 1.71 bits per heavy atom. The van der Waals surface area contributed by atoms with Crippen molar-refractivity contribution in [3.63, 3.8) is 0 Å². The van der Waals surface area contributed by atoms with E-state index in [2.05, 4.69) is 4.98 Å². The van der Waals surface area contributed by atoms with E-state index < -0.39 is 11.7 Å². The number of aromatic nitrogens is 1. The molecule has 0 amide bonds. The van der Waals surface area contributed by atoms with Gasteiger partial charge in [-0.2, -0.15) is 0 Å². The Morgan fingerprint density at radius 2 is 2.36 bits per heavy atom. The Balaban J connectivity index is 3.01. The van der Waals surface area contributed by atoms with Gasteiger partial charge in [0.2, 0.25) is 0 Å². The SMILES string of the molecule is CCC(=O)C(C)c1ncc(Cl)cc1F. The zero-order valence-electron chi connectivity index (χ0n) is 8.05. The third-order valence-electron chi connectivity index (χ3n) is 2.08. The molecule has 2 nitrogen and oxygen atoms in total. The molecule has 0 bridgehead atoms. The van der Waals surface area contributed by atoms with Crippen molar-refractivity contribution in [2.45, 2.75) is 26.2 Å². The summed E-state index contributed by atoms with van der Waals surface area (Å²) in [4.78, 5) is 15.1. The van der Waals surface area contributed by atoms with Crippen molar-refractivity contribution in [3.05, 3.63) is 28.8 Å². The first-order valence-electron chi connectivity index (χ1n) is 4.40. The van der Waals surface area contributed by atoms with Crippen LogP contribution in [-0.2, 0) is 4.79 Å². The number of Topliss-reactive ketones (excluding diaryl/α,β-unsaturated/α-hetero) is 1. The molecule has 14 heavy (non-hydrogen) atoms. The minimum absolute atomic E-state index is 0.0290. The highest BCUT2D eigenvalue weighted by atomic mass is 35.5. The van der Waals surface area contributed by atoms with Gasteiger partial charge >= 0.3 is 0 Å². The highest BCUT2D eigenvalue weighted by Crippen LogP contribution is 2.20. The molecular weight excluding hydrogens is 205 g/mol. The number of hydrogen-bond acceptors (Lipinski definition) is 2. The summed E-state index contributed by atoms with van der Waals surface area (Å²) in [7, 11) is 0. The van der Waals surface area contributed by atoms with E-state index >= 15 is 0 Å². The molecular formula is C10H11ClFNO. The van der Waals surface area contributed by atoms with Gasteiger partial charge < -0.3 is 0 Å². The molecule has 1 unspecified atom stereocenters. The lowest BCUT2D eigenvalue weighted by molar-refractivity contribution is -0.119. The standard InChI is InChI=1S/C10H11ClFNO/c1-3-9(14)6(2)10-8(12)4-7(11)5-13-10/h4-6H,3H2,1-2H3. The summed E-state index contributed by atoms with van der Waals surface area (Å²) in [6.07, 6.45) is 1.73. The van der Waals surface area contributed by atoms with E-state index in [4.69, 9.17) is 11.6 Å². The molecule has 1 atom stereocenters. The number of carbonyl (C=O) groups is 1. The molecule has 0 aliphatic carbocycles. The minimum atomic E-state index is -0.521. The number of rotatable bonds is 3. The van der Waals surface area contributed by atoms with Gasteiger partial charge in [-0.3, -0.25) is 9.78 Å². The van der Waals surface area contributed by atoms with Gasteiger partial charge in [0.05, 0.1) is 16.6 Å². The zero-order chi connectivity index (χ0) is 10.7. The van der Waals surface area contributed by atoms with Gasteiger partial charge in [-0.25, -0.2) is 4.39 Å². The maximum absolute atomic E-state index is 13.3. The molecule has 0 aliphatic rings. The van der Waals surface area contributed by atoms with Gasteiger partial charge in [0.1, 0.15) is 11.6 Å². The lowest BCUT2D eigenvalue weighted by atomic mass is 10.00. The van der Waals surface area contributed by atoms with Crippen LogP contribution in [0.15, 0.2) is 12.3 Å². The van der Waals surface area contributed by atoms with Crippen LogP contribution in [0.3, 0.4) is 0 Å². The molecule has 76 valence electrons. The van der Waals surface area contributed by atoms with Gasteiger partial charge in [0, 0.05) is 12.6 Å². The van der Waals surface area contributed by atoms with Crippen molar-refractivity contribution >= 4 is 17.4 Å². The van der Waals surface area contributed by atoms with E-state index in [0.29, 0.717) is 6.42 Å². The fourth-order valence-corrected chi connectivity index (χ4v) is 1.35. The number of ketones is 1. The second kappa shape index (κ2) is 4.51. The summed E-state index contributed by atoms with van der Waals surface area (Å²) in [6.45, 7) is 3.39. The molecule has 0 saturated carbocycles. The summed E-state index contributed by atoms with van der Waals surface area (Å²) in [5, 5.41) is 0.238. The molecule has 1 rings (SSSR count). The summed E-state index contributed by atoms with van der Waals surface area (Å²) in [6, 6.07) is 1.17. The summed E-state index contributed by atoms with van der Waals surface area (Å²) in [5.74, 6) is -1.05. The first-order chi connectivity index (χ1) is 6.56. The van der Waals surface area contributed by atoms with Crippen LogP contribution in [0.5, 0.6) is 0 Å². The molecule has 1 aromatic rings. The Morgan fingerprint density at radius 3 is 2.86 bits per heavy atom. The Bertz CT molecular complexity index is 354. The molecule has 0 aliphatic heterocycles.